The van der Waals surface area contributed by atoms with Gasteiger partial charge >= 0.3 is 0 Å². The number of sulfonamides is 1. The van der Waals surface area contributed by atoms with Crippen molar-refractivity contribution >= 4 is 26.8 Å². The minimum Gasteiger partial charge on any atom is -0.487 e. The summed E-state index contributed by atoms with van der Waals surface area (Å²) >= 11 is 0. The van der Waals surface area contributed by atoms with E-state index in [4.69, 9.17) is 10.5 Å². The zero-order chi connectivity index (χ0) is 19.7. The fourth-order valence-electron chi connectivity index (χ4n) is 3.40. The third kappa shape index (κ3) is 3.30. The van der Waals surface area contributed by atoms with Crippen molar-refractivity contribution < 1.29 is 17.9 Å². The Morgan fingerprint density at radius 3 is 2.68 bits per heavy atom. The maximum Gasteiger partial charge on any atom is 0.246 e. The lowest BCUT2D eigenvalue weighted by Gasteiger charge is -2.22. The molecule has 3 aromatic rings. The van der Waals surface area contributed by atoms with Crippen LogP contribution in [0.5, 0.6) is 5.75 Å². The van der Waals surface area contributed by atoms with E-state index in [1.807, 2.05) is 0 Å². The van der Waals surface area contributed by atoms with Crippen LogP contribution >= 0.6 is 0 Å². The Hall–Kier alpha value is -3.04. The number of aromatic nitrogens is 2. The third-order valence-corrected chi connectivity index (χ3v) is 6.57. The molecule has 9 heteroatoms. The summed E-state index contributed by atoms with van der Waals surface area (Å²) in [7, 11) is -4.01. The Labute approximate surface area is 162 Å². The van der Waals surface area contributed by atoms with Crippen molar-refractivity contribution in [1.29, 1.82) is 0 Å². The molecule has 8 nitrogen and oxygen atoms in total. The smallest absolute Gasteiger partial charge is 0.246 e. The van der Waals surface area contributed by atoms with Crippen LogP contribution in [0.4, 0.5) is 0 Å². The van der Waals surface area contributed by atoms with Gasteiger partial charge in [-0.05, 0) is 24.3 Å². The number of nitrogens with two attached hydrogens (primary N) is 1. The normalized spacial score (nSPS) is 20.3. The molecule has 1 aliphatic rings. The van der Waals surface area contributed by atoms with E-state index in [-0.39, 0.29) is 17.9 Å². The van der Waals surface area contributed by atoms with Gasteiger partial charge in [0.2, 0.25) is 15.9 Å². The van der Waals surface area contributed by atoms with Crippen LogP contribution in [0.3, 0.4) is 0 Å². The van der Waals surface area contributed by atoms with Gasteiger partial charge in [-0.15, -0.1) is 0 Å². The van der Waals surface area contributed by atoms with E-state index >= 15 is 0 Å². The monoisotopic (exact) mass is 398 g/mol. The van der Waals surface area contributed by atoms with Crippen LogP contribution in [-0.2, 0) is 14.8 Å². The van der Waals surface area contributed by atoms with E-state index in [0.717, 1.165) is 4.31 Å². The lowest BCUT2D eigenvalue weighted by molar-refractivity contribution is -0.121. The molecule has 2 N–H and O–H groups in total. The minimum atomic E-state index is -4.01. The van der Waals surface area contributed by atoms with E-state index in [2.05, 4.69) is 9.97 Å². The number of hydrogen-bond donors (Lipinski definition) is 1. The molecule has 0 saturated carbocycles. The standard InChI is InChI=1S/C19H18N4O4S/c20-19(24)16-10-15(27-14-6-3-8-21-11-14)12-23(16)28(25,26)17-7-1-4-13-5-2-9-22-18(13)17/h1-9,11,15-16H,10,12H2,(H2,20,24)/t15-,16-/m0/s1. The number of primary amides is 1. The third-order valence-electron chi connectivity index (χ3n) is 4.67. The zero-order valence-electron chi connectivity index (χ0n) is 14.8. The van der Waals surface area contributed by atoms with Gasteiger partial charge in [-0.3, -0.25) is 14.8 Å². The van der Waals surface area contributed by atoms with Crippen molar-refractivity contribution in [1.82, 2.24) is 14.3 Å². The molecular weight excluding hydrogens is 380 g/mol. The topological polar surface area (TPSA) is 115 Å². The highest BCUT2D eigenvalue weighted by Gasteiger charge is 2.44. The molecule has 0 bridgehead atoms. The Kier molecular flexibility index (Phi) is 4.70. The van der Waals surface area contributed by atoms with Crippen molar-refractivity contribution in [2.24, 2.45) is 5.73 Å². The number of benzene rings is 1. The predicted molar refractivity (Wildman–Crippen MR) is 102 cm³/mol. The second-order valence-electron chi connectivity index (χ2n) is 6.49. The molecular formula is C19H18N4O4S. The highest BCUT2D eigenvalue weighted by atomic mass is 32.2. The number of carbonyl (C=O) groups excluding carboxylic acids is 1. The first-order chi connectivity index (χ1) is 13.5. The first-order valence-corrected chi connectivity index (χ1v) is 10.1. The van der Waals surface area contributed by atoms with Gasteiger partial charge in [0.1, 0.15) is 22.8 Å². The maximum atomic E-state index is 13.4. The first kappa shape index (κ1) is 18.3. The molecule has 4 rings (SSSR count). The van der Waals surface area contributed by atoms with Crippen LogP contribution in [0.15, 0.2) is 66.0 Å². The van der Waals surface area contributed by atoms with Crippen molar-refractivity contribution in [2.45, 2.75) is 23.5 Å². The summed E-state index contributed by atoms with van der Waals surface area (Å²) in [6, 6.07) is 10.9. The lowest BCUT2D eigenvalue weighted by Crippen LogP contribution is -2.43. The van der Waals surface area contributed by atoms with E-state index in [1.54, 1.807) is 42.6 Å². The zero-order valence-corrected chi connectivity index (χ0v) is 15.6. The molecule has 144 valence electrons. The highest BCUT2D eigenvalue weighted by molar-refractivity contribution is 7.89. The van der Waals surface area contributed by atoms with Crippen LogP contribution < -0.4 is 10.5 Å². The Morgan fingerprint density at radius 1 is 1.14 bits per heavy atom. The molecule has 1 saturated heterocycles. The van der Waals surface area contributed by atoms with E-state index < -0.39 is 28.1 Å². The summed E-state index contributed by atoms with van der Waals surface area (Å²) in [6.45, 7) is 0.00799. The number of rotatable bonds is 5. The summed E-state index contributed by atoms with van der Waals surface area (Å²) in [5, 5.41) is 0.696. The van der Waals surface area contributed by atoms with Gasteiger partial charge in [-0.25, -0.2) is 8.42 Å². The average Bonchev–Trinajstić information content (AvgIpc) is 3.13. The molecule has 0 spiro atoms. The van der Waals surface area contributed by atoms with Crippen LogP contribution in [0.25, 0.3) is 10.9 Å². The fraction of sp³-hybridized carbons (Fsp3) is 0.211. The Balaban J connectivity index is 1.70. The number of fused-ring (bicyclic) bond motifs is 1. The number of nitrogens with zero attached hydrogens (tertiary/aromatic N) is 3. The molecule has 0 aliphatic carbocycles. The first-order valence-electron chi connectivity index (χ1n) is 8.68. The minimum absolute atomic E-state index is 0.00799. The lowest BCUT2D eigenvalue weighted by atomic mass is 10.2. The molecule has 2 atom stereocenters. The van der Waals surface area contributed by atoms with Crippen molar-refractivity contribution in [3.63, 3.8) is 0 Å². The van der Waals surface area contributed by atoms with E-state index in [1.165, 1.54) is 18.5 Å². The predicted octanol–water partition coefficient (Wildman–Crippen LogP) is 1.33. The summed E-state index contributed by atoms with van der Waals surface area (Å²) in [5.41, 5.74) is 5.85. The van der Waals surface area contributed by atoms with Crippen molar-refractivity contribution in [3.8, 4) is 5.75 Å². The molecule has 2 aromatic heterocycles. The van der Waals surface area contributed by atoms with Gasteiger partial charge in [0.15, 0.2) is 0 Å². The highest BCUT2D eigenvalue weighted by Crippen LogP contribution is 2.31. The van der Waals surface area contributed by atoms with Crippen molar-refractivity contribution in [3.05, 3.63) is 61.1 Å². The van der Waals surface area contributed by atoms with E-state index in [0.29, 0.717) is 16.7 Å². The van der Waals surface area contributed by atoms with Gasteiger partial charge in [0.25, 0.3) is 0 Å². The van der Waals surface area contributed by atoms with Gasteiger partial charge in [0, 0.05) is 24.2 Å². The number of pyridine rings is 2. The molecule has 1 fully saturated rings. The fourth-order valence-corrected chi connectivity index (χ4v) is 5.20. The number of amides is 1. The van der Waals surface area contributed by atoms with Crippen LogP contribution in [0, 0.1) is 0 Å². The maximum absolute atomic E-state index is 13.4. The second-order valence-corrected chi connectivity index (χ2v) is 8.35. The molecule has 1 amide bonds. The van der Waals surface area contributed by atoms with Gasteiger partial charge < -0.3 is 10.5 Å². The number of hydrogen-bond acceptors (Lipinski definition) is 6. The molecule has 28 heavy (non-hydrogen) atoms. The van der Waals surface area contributed by atoms with Crippen LogP contribution in [0.1, 0.15) is 6.42 Å². The quantitative estimate of drug-likeness (QED) is 0.693. The number of para-hydroxylation sites is 1. The molecule has 1 aromatic carbocycles. The molecule has 3 heterocycles. The van der Waals surface area contributed by atoms with E-state index in [9.17, 15) is 13.2 Å². The summed E-state index contributed by atoms with van der Waals surface area (Å²) < 4.78 is 33.7. The Bertz CT molecular complexity index is 1120. The summed E-state index contributed by atoms with van der Waals surface area (Å²) in [6.07, 6.45) is 4.33. The van der Waals surface area contributed by atoms with Gasteiger partial charge in [0.05, 0.1) is 18.3 Å². The molecule has 0 unspecified atom stereocenters. The summed E-state index contributed by atoms with van der Waals surface area (Å²) in [5.74, 6) is -0.212. The number of carbonyl (C=O) groups is 1. The number of ether oxygens (including phenoxy) is 1. The molecule has 1 aliphatic heterocycles. The largest absolute Gasteiger partial charge is 0.487 e. The summed E-state index contributed by atoms with van der Waals surface area (Å²) in [4.78, 5) is 20.2. The van der Waals surface area contributed by atoms with Crippen LogP contribution in [-0.4, -0.2) is 47.3 Å². The average molecular weight is 398 g/mol. The van der Waals surface area contributed by atoms with Crippen LogP contribution in [0.2, 0.25) is 0 Å². The Morgan fingerprint density at radius 2 is 1.93 bits per heavy atom. The van der Waals surface area contributed by atoms with Gasteiger partial charge in [-0.1, -0.05) is 18.2 Å². The SMILES string of the molecule is NC(=O)[C@@H]1C[C@H](Oc2cccnc2)CN1S(=O)(=O)c1cccc2cccnc12. The van der Waals surface area contributed by atoms with Crippen molar-refractivity contribution in [2.75, 3.05) is 6.54 Å². The second kappa shape index (κ2) is 7.17. The van der Waals surface area contributed by atoms with Gasteiger partial charge in [-0.2, -0.15) is 4.31 Å². The molecule has 0 radical (unpaired) electrons.